The lowest BCUT2D eigenvalue weighted by Crippen LogP contribution is -1.90. The summed E-state index contributed by atoms with van der Waals surface area (Å²) in [6.45, 7) is 2.02. The summed E-state index contributed by atoms with van der Waals surface area (Å²) in [6, 6.07) is 10.1. The van der Waals surface area contributed by atoms with E-state index in [1.807, 2.05) is 43.6 Å². The third kappa shape index (κ3) is 2.72. The van der Waals surface area contributed by atoms with E-state index in [1.54, 1.807) is 25.1 Å². The average Bonchev–Trinajstić information content (AvgIpc) is 2.96. The highest BCUT2D eigenvalue weighted by Gasteiger charge is 2.14. The van der Waals surface area contributed by atoms with E-state index in [4.69, 9.17) is 9.72 Å². The number of benzene rings is 1. The van der Waals surface area contributed by atoms with Crippen LogP contribution >= 0.6 is 11.8 Å². The number of aromatic amines is 1. The molecule has 112 valence electrons. The molecule has 0 aliphatic heterocycles. The monoisotopic (exact) mass is 311 g/mol. The Morgan fingerprint density at radius 3 is 2.77 bits per heavy atom. The van der Waals surface area contributed by atoms with Gasteiger partial charge in [-0.2, -0.15) is 0 Å². The van der Waals surface area contributed by atoms with Gasteiger partial charge in [0.2, 0.25) is 0 Å². The van der Waals surface area contributed by atoms with E-state index < -0.39 is 0 Å². The maximum Gasteiger partial charge on any atom is 0.142 e. The van der Waals surface area contributed by atoms with Crippen molar-refractivity contribution in [3.63, 3.8) is 0 Å². The molecule has 1 aromatic carbocycles. The van der Waals surface area contributed by atoms with Crippen molar-refractivity contribution >= 4 is 11.8 Å². The summed E-state index contributed by atoms with van der Waals surface area (Å²) >= 11 is 1.69. The first-order valence-corrected chi connectivity index (χ1v) is 8.15. The number of aromatic nitrogens is 3. The van der Waals surface area contributed by atoms with Crippen LogP contribution in [0.25, 0.3) is 22.6 Å². The second-order valence-corrected chi connectivity index (χ2v) is 5.75. The van der Waals surface area contributed by atoms with Gasteiger partial charge in [-0.25, -0.2) is 4.98 Å². The van der Waals surface area contributed by atoms with Crippen molar-refractivity contribution < 1.29 is 4.74 Å². The van der Waals surface area contributed by atoms with Gasteiger partial charge in [-0.3, -0.25) is 4.98 Å². The molecule has 0 saturated heterocycles. The molecule has 4 nitrogen and oxygen atoms in total. The zero-order chi connectivity index (χ0) is 15.5. The molecule has 0 amide bonds. The van der Waals surface area contributed by atoms with Gasteiger partial charge in [0.1, 0.15) is 11.6 Å². The van der Waals surface area contributed by atoms with Crippen LogP contribution in [0.2, 0.25) is 0 Å². The highest BCUT2D eigenvalue weighted by atomic mass is 32.2. The van der Waals surface area contributed by atoms with Crippen LogP contribution in [-0.2, 0) is 0 Å². The Morgan fingerprint density at radius 2 is 2.09 bits per heavy atom. The van der Waals surface area contributed by atoms with Crippen molar-refractivity contribution in [3.05, 3.63) is 48.4 Å². The number of thioether (sulfide) groups is 1. The number of rotatable bonds is 4. The first-order chi connectivity index (χ1) is 10.7. The van der Waals surface area contributed by atoms with Crippen molar-refractivity contribution in [1.29, 1.82) is 0 Å². The Hall–Kier alpha value is -2.27. The van der Waals surface area contributed by atoms with Crippen LogP contribution in [0.1, 0.15) is 5.69 Å². The van der Waals surface area contributed by atoms with Gasteiger partial charge in [0.05, 0.1) is 18.4 Å². The van der Waals surface area contributed by atoms with Crippen molar-refractivity contribution in [1.82, 2.24) is 15.0 Å². The summed E-state index contributed by atoms with van der Waals surface area (Å²) < 4.78 is 5.51. The van der Waals surface area contributed by atoms with Crippen LogP contribution in [0.4, 0.5) is 0 Å². The molecule has 22 heavy (non-hydrogen) atoms. The number of hydrogen-bond acceptors (Lipinski definition) is 4. The third-order valence-electron chi connectivity index (χ3n) is 3.48. The normalized spacial score (nSPS) is 10.7. The summed E-state index contributed by atoms with van der Waals surface area (Å²) in [7, 11) is 1.68. The largest absolute Gasteiger partial charge is 0.496 e. The summed E-state index contributed by atoms with van der Waals surface area (Å²) in [5.74, 6) is 1.62. The van der Waals surface area contributed by atoms with Crippen LogP contribution < -0.4 is 4.74 Å². The minimum absolute atomic E-state index is 0.806. The fraction of sp³-hybridized carbons (Fsp3) is 0.176. The quantitative estimate of drug-likeness (QED) is 0.734. The minimum atomic E-state index is 0.806. The maximum absolute atomic E-state index is 5.51. The lowest BCUT2D eigenvalue weighted by Gasteiger charge is -2.07. The SMILES string of the molecule is COc1cc(SC)ccc1-c1nc(-c2cccnc2)c(C)[nH]1. The number of H-pyrrole nitrogens is 1. The highest BCUT2D eigenvalue weighted by molar-refractivity contribution is 7.98. The Labute approximate surface area is 134 Å². The fourth-order valence-electron chi connectivity index (χ4n) is 2.37. The molecule has 0 unspecified atom stereocenters. The molecule has 2 aromatic heterocycles. The summed E-state index contributed by atoms with van der Waals surface area (Å²) in [5, 5.41) is 0. The van der Waals surface area contributed by atoms with Gasteiger partial charge in [-0.1, -0.05) is 0 Å². The highest BCUT2D eigenvalue weighted by Crippen LogP contribution is 2.33. The van der Waals surface area contributed by atoms with E-state index in [2.05, 4.69) is 16.0 Å². The van der Waals surface area contributed by atoms with Crippen LogP contribution in [0.3, 0.4) is 0 Å². The number of nitrogens with zero attached hydrogens (tertiary/aromatic N) is 2. The maximum atomic E-state index is 5.51. The van der Waals surface area contributed by atoms with E-state index >= 15 is 0 Å². The molecule has 0 fully saturated rings. The first-order valence-electron chi connectivity index (χ1n) is 6.92. The molecule has 0 saturated carbocycles. The van der Waals surface area contributed by atoms with Gasteiger partial charge < -0.3 is 9.72 Å². The molecule has 0 aliphatic rings. The van der Waals surface area contributed by atoms with Gasteiger partial charge in [0.15, 0.2) is 0 Å². The lowest BCUT2D eigenvalue weighted by molar-refractivity contribution is 0.415. The van der Waals surface area contributed by atoms with Crippen LogP contribution in [-0.4, -0.2) is 28.3 Å². The smallest absolute Gasteiger partial charge is 0.142 e. The average molecular weight is 311 g/mol. The fourth-order valence-corrected chi connectivity index (χ4v) is 2.80. The van der Waals surface area contributed by atoms with Crippen molar-refractivity contribution in [2.45, 2.75) is 11.8 Å². The number of ether oxygens (including phenoxy) is 1. The van der Waals surface area contributed by atoms with Gasteiger partial charge in [-0.15, -0.1) is 11.8 Å². The van der Waals surface area contributed by atoms with Gasteiger partial charge in [-0.05, 0) is 43.5 Å². The summed E-state index contributed by atoms with van der Waals surface area (Å²) in [6.07, 6.45) is 5.63. The molecule has 0 bridgehead atoms. The number of nitrogens with one attached hydrogen (secondary N) is 1. The summed E-state index contributed by atoms with van der Waals surface area (Å²) in [4.78, 5) is 13.4. The van der Waals surface area contributed by atoms with E-state index in [-0.39, 0.29) is 0 Å². The topological polar surface area (TPSA) is 50.8 Å². The number of methoxy groups -OCH3 is 1. The van der Waals surface area contributed by atoms with Crippen LogP contribution in [0.15, 0.2) is 47.6 Å². The molecule has 0 radical (unpaired) electrons. The van der Waals surface area contributed by atoms with E-state index in [0.717, 1.165) is 39.0 Å². The zero-order valence-electron chi connectivity index (χ0n) is 12.8. The minimum Gasteiger partial charge on any atom is -0.496 e. The number of pyridine rings is 1. The van der Waals surface area contributed by atoms with Crippen LogP contribution in [0.5, 0.6) is 5.75 Å². The number of aryl methyl sites for hydroxylation is 1. The lowest BCUT2D eigenvalue weighted by atomic mass is 10.2. The van der Waals surface area contributed by atoms with E-state index in [1.165, 1.54) is 0 Å². The molecular formula is C17H17N3OS. The predicted octanol–water partition coefficient (Wildman–Crippen LogP) is 4.18. The third-order valence-corrected chi connectivity index (χ3v) is 4.21. The molecule has 0 aliphatic carbocycles. The van der Waals surface area contributed by atoms with E-state index in [0.29, 0.717) is 0 Å². The predicted molar refractivity (Wildman–Crippen MR) is 90.3 cm³/mol. The van der Waals surface area contributed by atoms with Crippen molar-refractivity contribution in [3.8, 4) is 28.4 Å². The van der Waals surface area contributed by atoms with Gasteiger partial charge in [0.25, 0.3) is 0 Å². The van der Waals surface area contributed by atoms with Crippen molar-refractivity contribution in [2.24, 2.45) is 0 Å². The molecule has 0 atom stereocenters. The number of imidazole rings is 1. The van der Waals surface area contributed by atoms with Gasteiger partial charge in [0, 0.05) is 28.5 Å². The second-order valence-electron chi connectivity index (χ2n) is 4.87. The standard InChI is InChI=1S/C17H17N3OS/c1-11-16(12-5-4-8-18-10-12)20-17(19-11)14-7-6-13(22-3)9-15(14)21-2/h4-10H,1-3H3,(H,19,20). The molecule has 0 spiro atoms. The second kappa shape index (κ2) is 6.23. The molecule has 1 N–H and O–H groups in total. The summed E-state index contributed by atoms with van der Waals surface area (Å²) in [5.41, 5.74) is 3.89. The Balaban J connectivity index is 2.07. The molecule has 3 rings (SSSR count). The molecule has 5 heteroatoms. The first kappa shape index (κ1) is 14.7. The Kier molecular flexibility index (Phi) is 4.15. The Morgan fingerprint density at radius 1 is 1.23 bits per heavy atom. The van der Waals surface area contributed by atoms with Gasteiger partial charge >= 0.3 is 0 Å². The van der Waals surface area contributed by atoms with Crippen LogP contribution in [0, 0.1) is 6.92 Å². The molecule has 2 heterocycles. The zero-order valence-corrected chi connectivity index (χ0v) is 13.6. The number of hydrogen-bond donors (Lipinski definition) is 1. The molecular weight excluding hydrogens is 294 g/mol. The molecule has 3 aromatic rings. The van der Waals surface area contributed by atoms with Crippen molar-refractivity contribution in [2.75, 3.05) is 13.4 Å². The Bertz CT molecular complexity index is 784. The van der Waals surface area contributed by atoms with E-state index in [9.17, 15) is 0 Å².